The molecule has 0 N–H and O–H groups in total. The summed E-state index contributed by atoms with van der Waals surface area (Å²) >= 11 is 0. The van der Waals surface area contributed by atoms with Crippen LogP contribution in [0.1, 0.15) is 29.7 Å². The summed E-state index contributed by atoms with van der Waals surface area (Å²) in [7, 11) is 1.45. The fourth-order valence-corrected chi connectivity index (χ4v) is 3.23. The van der Waals surface area contributed by atoms with E-state index in [0.717, 1.165) is 19.4 Å². The van der Waals surface area contributed by atoms with Gasteiger partial charge in [0, 0.05) is 24.0 Å². The molecule has 0 bridgehead atoms. The molecule has 2 heterocycles. The maximum atomic E-state index is 11.4. The Balaban J connectivity index is 2.08. The van der Waals surface area contributed by atoms with Crippen molar-refractivity contribution in [2.24, 2.45) is 0 Å². The standard InChI is InChI=1S/C16H19NO2/c1-11-13(8-9-15(18)19-2)14-7-3-5-12-6-4-10-17(11)16(12)14/h3,5,7H,4,6,8-10H2,1-2H3. The molecule has 3 heteroatoms. The number of para-hydroxylation sites is 1. The zero-order valence-electron chi connectivity index (χ0n) is 11.5. The second-order valence-corrected chi connectivity index (χ2v) is 5.21. The van der Waals surface area contributed by atoms with E-state index >= 15 is 0 Å². The van der Waals surface area contributed by atoms with Crippen molar-refractivity contribution in [2.45, 2.75) is 39.2 Å². The highest BCUT2D eigenvalue weighted by Crippen LogP contribution is 2.33. The zero-order valence-corrected chi connectivity index (χ0v) is 11.5. The lowest BCUT2D eigenvalue weighted by Gasteiger charge is -2.16. The van der Waals surface area contributed by atoms with Gasteiger partial charge in [-0.15, -0.1) is 0 Å². The van der Waals surface area contributed by atoms with Crippen molar-refractivity contribution in [2.75, 3.05) is 7.11 Å². The highest BCUT2D eigenvalue weighted by Gasteiger charge is 2.19. The molecule has 0 saturated carbocycles. The summed E-state index contributed by atoms with van der Waals surface area (Å²) in [5.41, 5.74) is 5.44. The Bertz CT molecular complexity index is 640. The van der Waals surface area contributed by atoms with Crippen LogP contribution in [-0.4, -0.2) is 17.6 Å². The van der Waals surface area contributed by atoms with Crippen LogP contribution < -0.4 is 0 Å². The van der Waals surface area contributed by atoms with Gasteiger partial charge in [0.25, 0.3) is 0 Å². The third-order valence-electron chi connectivity index (χ3n) is 4.19. The third kappa shape index (κ3) is 1.93. The minimum atomic E-state index is -0.133. The number of rotatable bonds is 3. The number of aromatic nitrogens is 1. The van der Waals surface area contributed by atoms with E-state index in [4.69, 9.17) is 4.74 Å². The average Bonchev–Trinajstić information content (AvgIpc) is 2.72. The van der Waals surface area contributed by atoms with Gasteiger partial charge in [0.1, 0.15) is 0 Å². The third-order valence-corrected chi connectivity index (χ3v) is 4.19. The molecule has 0 saturated heterocycles. The van der Waals surface area contributed by atoms with Crippen LogP contribution in [-0.2, 0) is 28.9 Å². The van der Waals surface area contributed by atoms with E-state index in [1.54, 1.807) is 0 Å². The number of aryl methyl sites for hydroxylation is 3. The Morgan fingerprint density at radius 1 is 1.42 bits per heavy atom. The van der Waals surface area contributed by atoms with E-state index in [1.807, 2.05) is 0 Å². The lowest BCUT2D eigenvalue weighted by Crippen LogP contribution is -2.08. The molecular weight excluding hydrogens is 238 g/mol. The molecule has 3 nitrogen and oxygen atoms in total. The summed E-state index contributed by atoms with van der Waals surface area (Å²) in [6, 6.07) is 6.54. The van der Waals surface area contributed by atoms with Crippen molar-refractivity contribution in [1.29, 1.82) is 0 Å². The summed E-state index contributed by atoms with van der Waals surface area (Å²) in [6.45, 7) is 3.26. The molecule has 3 rings (SSSR count). The zero-order chi connectivity index (χ0) is 13.4. The summed E-state index contributed by atoms with van der Waals surface area (Å²) in [6.07, 6.45) is 3.60. The van der Waals surface area contributed by atoms with Gasteiger partial charge >= 0.3 is 5.97 Å². The van der Waals surface area contributed by atoms with E-state index < -0.39 is 0 Å². The van der Waals surface area contributed by atoms with Crippen molar-refractivity contribution in [3.8, 4) is 0 Å². The topological polar surface area (TPSA) is 31.2 Å². The molecule has 0 radical (unpaired) electrons. The summed E-state index contributed by atoms with van der Waals surface area (Å²) in [4.78, 5) is 11.4. The Morgan fingerprint density at radius 2 is 2.26 bits per heavy atom. The van der Waals surface area contributed by atoms with Gasteiger partial charge in [-0.05, 0) is 37.3 Å². The van der Waals surface area contributed by atoms with Crippen LogP contribution >= 0.6 is 0 Å². The van der Waals surface area contributed by atoms with Gasteiger partial charge in [0.2, 0.25) is 0 Å². The Hall–Kier alpha value is -1.77. The van der Waals surface area contributed by atoms with Crippen molar-refractivity contribution in [1.82, 2.24) is 4.57 Å². The van der Waals surface area contributed by atoms with Crippen molar-refractivity contribution >= 4 is 16.9 Å². The molecule has 0 amide bonds. The predicted octanol–water partition coefficient (Wildman–Crippen LogP) is 3.00. The first-order valence-electron chi connectivity index (χ1n) is 6.88. The van der Waals surface area contributed by atoms with E-state index in [1.165, 1.54) is 41.3 Å². The van der Waals surface area contributed by atoms with Crippen LogP contribution in [0.25, 0.3) is 10.9 Å². The molecule has 100 valence electrons. The van der Waals surface area contributed by atoms with E-state index in [0.29, 0.717) is 6.42 Å². The minimum Gasteiger partial charge on any atom is -0.469 e. The summed E-state index contributed by atoms with van der Waals surface area (Å²) < 4.78 is 7.16. The normalized spacial score (nSPS) is 13.8. The Labute approximate surface area is 113 Å². The first-order valence-corrected chi connectivity index (χ1v) is 6.88. The number of methoxy groups -OCH3 is 1. The molecule has 0 unspecified atom stereocenters. The van der Waals surface area contributed by atoms with Crippen molar-refractivity contribution < 1.29 is 9.53 Å². The first kappa shape index (κ1) is 12.3. The van der Waals surface area contributed by atoms with Crippen LogP contribution in [0.3, 0.4) is 0 Å². The molecule has 19 heavy (non-hydrogen) atoms. The molecule has 1 aliphatic rings. The van der Waals surface area contributed by atoms with E-state index in [-0.39, 0.29) is 5.97 Å². The van der Waals surface area contributed by atoms with Gasteiger partial charge in [0.15, 0.2) is 0 Å². The smallest absolute Gasteiger partial charge is 0.305 e. The van der Waals surface area contributed by atoms with Crippen LogP contribution in [0.5, 0.6) is 0 Å². The van der Waals surface area contributed by atoms with Crippen LogP contribution in [0.15, 0.2) is 18.2 Å². The fourth-order valence-electron chi connectivity index (χ4n) is 3.23. The van der Waals surface area contributed by atoms with E-state index in [2.05, 4.69) is 29.7 Å². The molecule has 1 aromatic carbocycles. The monoisotopic (exact) mass is 257 g/mol. The number of carbonyl (C=O) groups excluding carboxylic acids is 1. The average molecular weight is 257 g/mol. The van der Waals surface area contributed by atoms with Crippen LogP contribution in [0, 0.1) is 6.92 Å². The largest absolute Gasteiger partial charge is 0.469 e. The maximum Gasteiger partial charge on any atom is 0.305 e. The SMILES string of the molecule is COC(=O)CCc1c(C)n2c3c(cccc13)CCC2. The number of nitrogens with zero attached hydrogens (tertiary/aromatic N) is 1. The fraction of sp³-hybridized carbons (Fsp3) is 0.438. The molecule has 1 aliphatic heterocycles. The van der Waals surface area contributed by atoms with Crippen LogP contribution in [0.2, 0.25) is 0 Å². The van der Waals surface area contributed by atoms with Crippen LogP contribution in [0.4, 0.5) is 0 Å². The molecule has 1 aromatic heterocycles. The van der Waals surface area contributed by atoms with Gasteiger partial charge < -0.3 is 9.30 Å². The molecule has 0 fully saturated rings. The minimum absolute atomic E-state index is 0.133. The lowest BCUT2D eigenvalue weighted by atomic mass is 10.0. The molecule has 0 aliphatic carbocycles. The number of benzene rings is 1. The quantitative estimate of drug-likeness (QED) is 0.791. The Morgan fingerprint density at radius 3 is 3.05 bits per heavy atom. The highest BCUT2D eigenvalue weighted by molar-refractivity contribution is 5.89. The lowest BCUT2D eigenvalue weighted by molar-refractivity contribution is -0.140. The van der Waals surface area contributed by atoms with Gasteiger partial charge in [-0.3, -0.25) is 4.79 Å². The van der Waals surface area contributed by atoms with Crippen molar-refractivity contribution in [3.05, 3.63) is 35.0 Å². The highest BCUT2D eigenvalue weighted by atomic mass is 16.5. The van der Waals surface area contributed by atoms with Gasteiger partial charge in [-0.1, -0.05) is 18.2 Å². The number of hydrogen-bond donors (Lipinski definition) is 0. The van der Waals surface area contributed by atoms with Crippen molar-refractivity contribution in [3.63, 3.8) is 0 Å². The van der Waals surface area contributed by atoms with Gasteiger partial charge in [0.05, 0.1) is 12.6 Å². The number of ether oxygens (including phenoxy) is 1. The first-order chi connectivity index (χ1) is 9.22. The molecule has 0 spiro atoms. The number of esters is 1. The number of carbonyl (C=O) groups is 1. The second-order valence-electron chi connectivity index (χ2n) is 5.21. The molecular formula is C16H19NO2. The molecule has 0 atom stereocenters. The predicted molar refractivity (Wildman–Crippen MR) is 75.3 cm³/mol. The van der Waals surface area contributed by atoms with Gasteiger partial charge in [-0.2, -0.15) is 0 Å². The summed E-state index contributed by atoms with van der Waals surface area (Å²) in [5.74, 6) is -0.133. The van der Waals surface area contributed by atoms with E-state index in [9.17, 15) is 4.79 Å². The maximum absolute atomic E-state index is 11.4. The summed E-state index contributed by atoms with van der Waals surface area (Å²) in [5, 5.41) is 1.32. The van der Waals surface area contributed by atoms with Gasteiger partial charge in [-0.25, -0.2) is 0 Å². The second kappa shape index (κ2) is 4.72. The number of hydrogen-bond acceptors (Lipinski definition) is 2. The Kier molecular flexibility index (Phi) is 3.05. The molecule has 2 aromatic rings.